The molecule has 0 aliphatic carbocycles. The number of ether oxygens (including phenoxy) is 1. The van der Waals surface area contributed by atoms with E-state index in [9.17, 15) is 15.2 Å². The molecule has 1 heterocycles. The van der Waals surface area contributed by atoms with E-state index in [1.54, 1.807) is 31.2 Å². The van der Waals surface area contributed by atoms with Crippen molar-refractivity contribution in [3.05, 3.63) is 51.2 Å². The topological polar surface area (TPSA) is 90.4 Å². The van der Waals surface area contributed by atoms with Crippen molar-refractivity contribution < 1.29 is 14.8 Å². The number of rotatable bonds is 6. The van der Waals surface area contributed by atoms with Crippen molar-refractivity contribution in [1.82, 2.24) is 9.78 Å². The van der Waals surface area contributed by atoms with Crippen molar-refractivity contribution in [2.24, 2.45) is 0 Å². The van der Waals surface area contributed by atoms with E-state index in [0.717, 1.165) is 0 Å². The highest BCUT2D eigenvalue weighted by Gasteiger charge is 2.18. The van der Waals surface area contributed by atoms with Gasteiger partial charge in [0.05, 0.1) is 23.4 Å². The van der Waals surface area contributed by atoms with Crippen molar-refractivity contribution in [3.8, 4) is 5.75 Å². The van der Waals surface area contributed by atoms with Gasteiger partial charge < -0.3 is 20.0 Å². The molecule has 0 radical (unpaired) electrons. The highest BCUT2D eigenvalue weighted by Crippen LogP contribution is 2.16. The number of nitro groups is 1. The van der Waals surface area contributed by atoms with Crippen LogP contribution < -0.4 is 4.74 Å². The van der Waals surface area contributed by atoms with Crippen LogP contribution in [0.25, 0.3) is 0 Å². The summed E-state index contributed by atoms with van der Waals surface area (Å²) < 4.78 is 6.79. The molecule has 0 amide bonds. The smallest absolute Gasteiger partial charge is 0.390 e. The monoisotopic (exact) mass is 311 g/mol. The number of aliphatic hydroxyl groups excluding tert-OH is 1. The maximum absolute atomic E-state index is 10.6. The van der Waals surface area contributed by atoms with Crippen molar-refractivity contribution in [2.75, 3.05) is 6.61 Å². The van der Waals surface area contributed by atoms with Crippen LogP contribution >= 0.6 is 11.6 Å². The van der Waals surface area contributed by atoms with Crippen LogP contribution in [0.5, 0.6) is 5.75 Å². The molecule has 0 fully saturated rings. The van der Waals surface area contributed by atoms with E-state index in [1.165, 1.54) is 10.7 Å². The number of aliphatic hydroxyl groups is 1. The minimum Gasteiger partial charge on any atom is -0.491 e. The molecule has 2 aromatic rings. The van der Waals surface area contributed by atoms with Crippen LogP contribution in [0, 0.1) is 17.0 Å². The average molecular weight is 312 g/mol. The highest BCUT2D eigenvalue weighted by molar-refractivity contribution is 6.30. The first-order valence-corrected chi connectivity index (χ1v) is 6.59. The van der Waals surface area contributed by atoms with Crippen LogP contribution in [0.2, 0.25) is 5.02 Å². The molecular weight excluding hydrogens is 298 g/mol. The summed E-state index contributed by atoms with van der Waals surface area (Å²) in [7, 11) is 0. The zero-order chi connectivity index (χ0) is 15.4. The molecule has 2 rings (SSSR count). The van der Waals surface area contributed by atoms with Crippen LogP contribution in [0.15, 0.2) is 30.3 Å². The van der Waals surface area contributed by atoms with Gasteiger partial charge in [-0.25, -0.2) is 0 Å². The third kappa shape index (κ3) is 4.17. The van der Waals surface area contributed by atoms with Crippen LogP contribution in [-0.2, 0) is 6.54 Å². The summed E-state index contributed by atoms with van der Waals surface area (Å²) in [5.74, 6) is 0.347. The van der Waals surface area contributed by atoms with E-state index >= 15 is 0 Å². The maximum atomic E-state index is 10.6. The second-order valence-corrected chi connectivity index (χ2v) is 4.94. The molecule has 112 valence electrons. The first-order chi connectivity index (χ1) is 9.95. The molecule has 1 N–H and O–H groups in total. The number of nitrogens with zero attached hydrogens (tertiary/aromatic N) is 3. The Bertz CT molecular complexity index is 627. The predicted octanol–water partition coefficient (Wildman–Crippen LogP) is 2.19. The first kappa shape index (κ1) is 15.3. The third-order valence-electron chi connectivity index (χ3n) is 2.80. The lowest BCUT2D eigenvalue weighted by atomic mass is 10.3. The molecule has 21 heavy (non-hydrogen) atoms. The van der Waals surface area contributed by atoms with Crippen molar-refractivity contribution in [1.29, 1.82) is 0 Å². The van der Waals surface area contributed by atoms with Crippen molar-refractivity contribution in [2.45, 2.75) is 19.6 Å². The van der Waals surface area contributed by atoms with Gasteiger partial charge in [-0.05, 0) is 36.1 Å². The number of aromatic nitrogens is 2. The number of hydrogen-bond acceptors (Lipinski definition) is 5. The zero-order valence-electron chi connectivity index (χ0n) is 11.3. The Labute approximate surface area is 125 Å². The Balaban J connectivity index is 1.91. The number of halogens is 1. The van der Waals surface area contributed by atoms with Crippen LogP contribution in [0.4, 0.5) is 5.82 Å². The van der Waals surface area contributed by atoms with Gasteiger partial charge >= 0.3 is 5.82 Å². The van der Waals surface area contributed by atoms with Crippen LogP contribution in [-0.4, -0.2) is 32.5 Å². The number of aryl methyl sites for hydroxylation is 1. The van der Waals surface area contributed by atoms with Crippen molar-refractivity contribution in [3.63, 3.8) is 0 Å². The molecule has 0 spiro atoms. The molecule has 1 aromatic heterocycles. The highest BCUT2D eigenvalue weighted by atomic mass is 35.5. The number of hydrogen-bond donors (Lipinski definition) is 1. The lowest BCUT2D eigenvalue weighted by Gasteiger charge is -2.11. The van der Waals surface area contributed by atoms with Gasteiger partial charge in [0.2, 0.25) is 0 Å². The van der Waals surface area contributed by atoms with Crippen LogP contribution in [0.1, 0.15) is 5.69 Å². The summed E-state index contributed by atoms with van der Waals surface area (Å²) in [5.41, 5.74) is 0.604. The van der Waals surface area contributed by atoms with E-state index in [-0.39, 0.29) is 19.0 Å². The summed E-state index contributed by atoms with van der Waals surface area (Å²) in [6.07, 6.45) is -0.834. The Morgan fingerprint density at radius 2 is 2.14 bits per heavy atom. The van der Waals surface area contributed by atoms with Gasteiger partial charge in [0.25, 0.3) is 0 Å². The first-order valence-electron chi connectivity index (χ1n) is 6.21. The standard InChI is InChI=1S/C13H14ClN3O4/c1-9-6-13(17(19)20)15-16(9)7-11(18)8-21-12-4-2-10(14)3-5-12/h2-6,11,18H,7-8H2,1H3/t11-/m1/s1. The van der Waals surface area contributed by atoms with Gasteiger partial charge in [0, 0.05) is 5.02 Å². The van der Waals surface area contributed by atoms with Crippen LogP contribution in [0.3, 0.4) is 0 Å². The fraction of sp³-hybridized carbons (Fsp3) is 0.308. The summed E-state index contributed by atoms with van der Waals surface area (Å²) >= 11 is 5.76. The van der Waals surface area contributed by atoms with Gasteiger partial charge in [-0.3, -0.25) is 0 Å². The quantitative estimate of drug-likeness (QED) is 0.652. The minimum absolute atomic E-state index is 0.0503. The molecule has 7 nitrogen and oxygen atoms in total. The molecule has 0 saturated carbocycles. The van der Waals surface area contributed by atoms with Gasteiger partial charge in [-0.1, -0.05) is 11.6 Å². The average Bonchev–Trinajstić information content (AvgIpc) is 2.80. The summed E-state index contributed by atoms with van der Waals surface area (Å²) in [4.78, 5) is 10.1. The van der Waals surface area contributed by atoms with E-state index < -0.39 is 11.0 Å². The molecule has 0 bridgehead atoms. The van der Waals surface area contributed by atoms with Gasteiger partial charge in [0.1, 0.15) is 18.5 Å². The van der Waals surface area contributed by atoms with E-state index in [1.807, 2.05) is 0 Å². The lowest BCUT2D eigenvalue weighted by molar-refractivity contribution is -0.389. The predicted molar refractivity (Wildman–Crippen MR) is 76.6 cm³/mol. The second kappa shape index (κ2) is 6.55. The Morgan fingerprint density at radius 3 is 2.71 bits per heavy atom. The van der Waals surface area contributed by atoms with E-state index in [4.69, 9.17) is 16.3 Å². The van der Waals surface area contributed by atoms with E-state index in [0.29, 0.717) is 16.5 Å². The molecular formula is C13H14ClN3O4. The minimum atomic E-state index is -0.834. The van der Waals surface area contributed by atoms with E-state index in [2.05, 4.69) is 5.10 Å². The fourth-order valence-electron chi connectivity index (χ4n) is 1.74. The molecule has 0 aliphatic heterocycles. The Kier molecular flexibility index (Phi) is 4.77. The summed E-state index contributed by atoms with van der Waals surface area (Å²) in [5, 5.41) is 24.9. The van der Waals surface area contributed by atoms with Gasteiger partial charge in [0.15, 0.2) is 0 Å². The summed E-state index contributed by atoms with van der Waals surface area (Å²) in [6, 6.07) is 8.11. The molecule has 1 atom stereocenters. The van der Waals surface area contributed by atoms with Gasteiger partial charge in [-0.15, -0.1) is 0 Å². The molecule has 1 aromatic carbocycles. The van der Waals surface area contributed by atoms with Gasteiger partial charge in [-0.2, -0.15) is 4.68 Å². The maximum Gasteiger partial charge on any atom is 0.390 e. The SMILES string of the molecule is Cc1cc([N+](=O)[O-])nn1C[C@@H](O)COc1ccc(Cl)cc1. The second-order valence-electron chi connectivity index (χ2n) is 4.50. The number of benzene rings is 1. The third-order valence-corrected chi connectivity index (χ3v) is 3.05. The normalized spacial score (nSPS) is 12.1. The Hall–Kier alpha value is -2.12. The zero-order valence-corrected chi connectivity index (χ0v) is 12.0. The molecule has 8 heteroatoms. The lowest BCUT2D eigenvalue weighted by Crippen LogP contribution is -2.24. The Morgan fingerprint density at radius 1 is 1.48 bits per heavy atom. The molecule has 0 unspecified atom stereocenters. The fourth-order valence-corrected chi connectivity index (χ4v) is 1.87. The largest absolute Gasteiger partial charge is 0.491 e. The van der Waals surface area contributed by atoms with Crippen molar-refractivity contribution >= 4 is 17.4 Å². The summed E-state index contributed by atoms with van der Waals surface area (Å²) in [6.45, 7) is 1.86. The molecule has 0 aliphatic rings. The molecule has 0 saturated heterocycles.